The van der Waals surface area contributed by atoms with Gasteiger partial charge in [0.05, 0.1) is 0 Å². The van der Waals surface area contributed by atoms with Gasteiger partial charge in [-0.15, -0.1) is 11.3 Å². The molecule has 1 N–H and O–H groups in total. The summed E-state index contributed by atoms with van der Waals surface area (Å²) in [6.07, 6.45) is 3.19. The third-order valence-corrected chi connectivity index (χ3v) is 2.90. The first-order valence-electron chi connectivity index (χ1n) is 4.97. The number of ether oxygens (including phenoxy) is 1. The van der Waals surface area contributed by atoms with Crippen molar-refractivity contribution in [2.75, 3.05) is 6.61 Å². The smallest absolute Gasteiger partial charge is 0.342 e. The second-order valence-corrected chi connectivity index (χ2v) is 4.19. The van der Waals surface area contributed by atoms with Gasteiger partial charge in [0, 0.05) is 17.3 Å². The number of hydrogen-bond donors (Lipinski definition) is 1. The number of rotatable bonds is 4. The predicted molar refractivity (Wildman–Crippen MR) is 64.9 cm³/mol. The van der Waals surface area contributed by atoms with Crippen LogP contribution in [0.3, 0.4) is 0 Å². The third-order valence-electron chi connectivity index (χ3n) is 2.12. The monoisotopic (exact) mass is 249 g/mol. The van der Waals surface area contributed by atoms with E-state index in [9.17, 15) is 4.79 Å². The summed E-state index contributed by atoms with van der Waals surface area (Å²) >= 11 is 1.42. The Morgan fingerprint density at radius 1 is 1.71 bits per heavy atom. The molecule has 2 heterocycles. The molecule has 0 atom stereocenters. The Bertz CT molecular complexity index is 531. The van der Waals surface area contributed by atoms with E-state index in [1.54, 1.807) is 13.1 Å². The van der Waals surface area contributed by atoms with Gasteiger partial charge in [-0.3, -0.25) is 5.10 Å². The van der Waals surface area contributed by atoms with Crippen molar-refractivity contribution in [3.8, 4) is 10.7 Å². The molecule has 2 rings (SSSR count). The second-order valence-electron chi connectivity index (χ2n) is 3.30. The molecule has 0 aliphatic rings. The SMILES string of the molecule is C=CCOC(=O)c1c(-c2nccs2)n[nH]c1C. The fraction of sp³-hybridized carbons (Fsp3) is 0.182. The van der Waals surface area contributed by atoms with Crippen LogP contribution in [-0.2, 0) is 4.74 Å². The van der Waals surface area contributed by atoms with Crippen molar-refractivity contribution in [3.63, 3.8) is 0 Å². The van der Waals surface area contributed by atoms with E-state index in [0.717, 1.165) is 0 Å². The van der Waals surface area contributed by atoms with Gasteiger partial charge in [-0.25, -0.2) is 9.78 Å². The molecule has 0 amide bonds. The number of nitrogens with zero attached hydrogens (tertiary/aromatic N) is 2. The summed E-state index contributed by atoms with van der Waals surface area (Å²) in [6, 6.07) is 0. The van der Waals surface area contributed by atoms with Crippen LogP contribution < -0.4 is 0 Å². The molecule has 0 aliphatic carbocycles. The van der Waals surface area contributed by atoms with Gasteiger partial charge >= 0.3 is 5.97 Å². The lowest BCUT2D eigenvalue weighted by Crippen LogP contribution is -2.07. The molecule has 88 valence electrons. The van der Waals surface area contributed by atoms with E-state index in [1.807, 2.05) is 5.38 Å². The number of carbonyl (C=O) groups excluding carboxylic acids is 1. The minimum Gasteiger partial charge on any atom is -0.458 e. The van der Waals surface area contributed by atoms with Gasteiger partial charge in [-0.2, -0.15) is 5.10 Å². The fourth-order valence-electron chi connectivity index (χ4n) is 1.38. The molecule has 5 nitrogen and oxygen atoms in total. The number of aryl methyl sites for hydroxylation is 1. The van der Waals surface area contributed by atoms with Gasteiger partial charge in [-0.1, -0.05) is 12.7 Å². The van der Waals surface area contributed by atoms with Crippen molar-refractivity contribution < 1.29 is 9.53 Å². The maximum Gasteiger partial charge on any atom is 0.342 e. The lowest BCUT2D eigenvalue weighted by Gasteiger charge is -2.01. The number of hydrogen-bond acceptors (Lipinski definition) is 5. The molecular formula is C11H11N3O2S. The molecule has 0 spiro atoms. The van der Waals surface area contributed by atoms with E-state index < -0.39 is 5.97 Å². The summed E-state index contributed by atoms with van der Waals surface area (Å²) in [5, 5.41) is 9.38. The lowest BCUT2D eigenvalue weighted by molar-refractivity contribution is 0.0550. The van der Waals surface area contributed by atoms with E-state index in [1.165, 1.54) is 17.4 Å². The van der Waals surface area contributed by atoms with Crippen LogP contribution in [0, 0.1) is 6.92 Å². The largest absolute Gasteiger partial charge is 0.458 e. The van der Waals surface area contributed by atoms with Gasteiger partial charge < -0.3 is 4.74 Å². The van der Waals surface area contributed by atoms with E-state index >= 15 is 0 Å². The summed E-state index contributed by atoms with van der Waals surface area (Å²) in [4.78, 5) is 16.0. The molecule has 0 fully saturated rings. The van der Waals surface area contributed by atoms with Crippen LogP contribution in [0.4, 0.5) is 0 Å². The minimum atomic E-state index is -0.415. The molecule has 0 aromatic carbocycles. The van der Waals surface area contributed by atoms with Gasteiger partial charge in [0.2, 0.25) is 0 Å². The van der Waals surface area contributed by atoms with Crippen LogP contribution in [0.15, 0.2) is 24.2 Å². The van der Waals surface area contributed by atoms with Crippen molar-refractivity contribution in [2.45, 2.75) is 6.92 Å². The van der Waals surface area contributed by atoms with Crippen molar-refractivity contribution in [2.24, 2.45) is 0 Å². The highest BCUT2D eigenvalue weighted by Crippen LogP contribution is 2.25. The van der Waals surface area contributed by atoms with Crippen LogP contribution >= 0.6 is 11.3 Å². The first-order chi connectivity index (χ1) is 8.24. The van der Waals surface area contributed by atoms with Gasteiger partial charge in [0.15, 0.2) is 0 Å². The quantitative estimate of drug-likeness (QED) is 0.666. The van der Waals surface area contributed by atoms with Crippen LogP contribution in [0.2, 0.25) is 0 Å². The van der Waals surface area contributed by atoms with E-state index in [2.05, 4.69) is 21.8 Å². The molecule has 2 aromatic rings. The zero-order valence-electron chi connectivity index (χ0n) is 9.27. The number of thiazole rings is 1. The first-order valence-corrected chi connectivity index (χ1v) is 5.85. The Hall–Kier alpha value is -1.95. The number of carbonyl (C=O) groups is 1. The van der Waals surface area contributed by atoms with Crippen LogP contribution in [-0.4, -0.2) is 27.8 Å². The van der Waals surface area contributed by atoms with Crippen molar-refractivity contribution >= 4 is 17.3 Å². The molecule has 0 aliphatic heterocycles. The molecule has 2 aromatic heterocycles. The molecular weight excluding hydrogens is 238 g/mol. The average molecular weight is 249 g/mol. The van der Waals surface area contributed by atoms with Crippen molar-refractivity contribution in [1.82, 2.24) is 15.2 Å². The van der Waals surface area contributed by atoms with Crippen molar-refractivity contribution in [3.05, 3.63) is 35.5 Å². The summed E-state index contributed by atoms with van der Waals surface area (Å²) in [5.41, 5.74) is 1.64. The van der Waals surface area contributed by atoms with E-state index in [-0.39, 0.29) is 6.61 Å². The highest BCUT2D eigenvalue weighted by Gasteiger charge is 2.21. The first kappa shape index (κ1) is 11.5. The third kappa shape index (κ3) is 2.26. The standard InChI is InChI=1S/C11H11N3O2S/c1-3-5-16-11(15)8-7(2)13-14-9(8)10-12-4-6-17-10/h3-4,6H,1,5H2,2H3,(H,13,14). The molecule has 0 saturated heterocycles. The van der Waals surface area contributed by atoms with E-state index in [4.69, 9.17) is 4.74 Å². The number of nitrogens with one attached hydrogen (secondary N) is 1. The van der Waals surface area contributed by atoms with Crippen LogP contribution in [0.5, 0.6) is 0 Å². The highest BCUT2D eigenvalue weighted by atomic mass is 32.1. The fourth-order valence-corrected chi connectivity index (χ4v) is 2.01. The zero-order valence-corrected chi connectivity index (χ0v) is 10.1. The topological polar surface area (TPSA) is 67.9 Å². The normalized spacial score (nSPS) is 10.2. The zero-order chi connectivity index (χ0) is 12.3. The van der Waals surface area contributed by atoms with Crippen LogP contribution in [0.1, 0.15) is 16.1 Å². The number of esters is 1. The summed E-state index contributed by atoms with van der Waals surface area (Å²) < 4.78 is 5.01. The molecule has 0 unspecified atom stereocenters. The number of aromatic amines is 1. The van der Waals surface area contributed by atoms with Gasteiger partial charge in [0.1, 0.15) is 22.9 Å². The second kappa shape index (κ2) is 4.92. The Morgan fingerprint density at radius 3 is 3.18 bits per heavy atom. The molecule has 0 saturated carbocycles. The number of H-pyrrole nitrogens is 1. The number of aromatic nitrogens is 3. The Kier molecular flexibility index (Phi) is 3.34. The summed E-state index contributed by atoms with van der Waals surface area (Å²) in [6.45, 7) is 5.45. The van der Waals surface area contributed by atoms with Gasteiger partial charge in [-0.05, 0) is 6.92 Å². The molecule has 17 heavy (non-hydrogen) atoms. The Morgan fingerprint density at radius 2 is 2.53 bits per heavy atom. The van der Waals surface area contributed by atoms with Gasteiger partial charge in [0.25, 0.3) is 0 Å². The van der Waals surface area contributed by atoms with Crippen LogP contribution in [0.25, 0.3) is 10.7 Å². The average Bonchev–Trinajstić information content (AvgIpc) is 2.94. The Balaban J connectivity index is 2.36. The molecule has 0 radical (unpaired) electrons. The predicted octanol–water partition coefficient (Wildman–Crippen LogP) is 2.18. The minimum absolute atomic E-state index is 0.181. The van der Waals surface area contributed by atoms with E-state index in [0.29, 0.717) is 22.0 Å². The molecule has 0 bridgehead atoms. The summed E-state index contributed by atoms with van der Waals surface area (Å²) in [5.74, 6) is -0.415. The maximum atomic E-state index is 11.8. The highest BCUT2D eigenvalue weighted by molar-refractivity contribution is 7.13. The molecule has 6 heteroatoms. The maximum absolute atomic E-state index is 11.8. The van der Waals surface area contributed by atoms with Crippen molar-refractivity contribution in [1.29, 1.82) is 0 Å². The summed E-state index contributed by atoms with van der Waals surface area (Å²) in [7, 11) is 0. The Labute approximate surface area is 102 Å². The lowest BCUT2D eigenvalue weighted by atomic mass is 10.2.